The van der Waals surface area contributed by atoms with Gasteiger partial charge in [-0.15, -0.1) is 0 Å². The van der Waals surface area contributed by atoms with E-state index >= 15 is 0 Å². The van der Waals surface area contributed by atoms with Crippen molar-refractivity contribution in [1.82, 2.24) is 0 Å². The van der Waals surface area contributed by atoms with Crippen LogP contribution in [0.5, 0.6) is 5.75 Å². The van der Waals surface area contributed by atoms with Gasteiger partial charge in [-0.2, -0.15) is 13.2 Å². The molecule has 0 bridgehead atoms. The van der Waals surface area contributed by atoms with Crippen LogP contribution in [0.3, 0.4) is 0 Å². The third-order valence-electron chi connectivity index (χ3n) is 2.48. The molecule has 1 aromatic carbocycles. The lowest BCUT2D eigenvalue weighted by molar-refractivity contribution is -0.174. The molecule has 0 radical (unpaired) electrons. The summed E-state index contributed by atoms with van der Waals surface area (Å²) in [5.74, 6) is -0.345. The zero-order valence-corrected chi connectivity index (χ0v) is 11.0. The fraction of sp³-hybridized carbons (Fsp3) is 0.462. The minimum atomic E-state index is -4.39. The molecule has 0 aliphatic carbocycles. The normalized spacial score (nSPS) is 11.4. The Kier molecular flexibility index (Phi) is 5.82. The summed E-state index contributed by atoms with van der Waals surface area (Å²) in [6.07, 6.45) is -4.54. The van der Waals surface area contributed by atoms with Crippen molar-refractivity contribution in [1.29, 1.82) is 0 Å². The van der Waals surface area contributed by atoms with Crippen molar-refractivity contribution in [2.75, 3.05) is 24.7 Å². The zero-order valence-electron chi connectivity index (χ0n) is 11.0. The largest absolute Gasteiger partial charge is 0.508 e. The molecular formula is C13H16F3NO3. The summed E-state index contributed by atoms with van der Waals surface area (Å²) in [6.45, 7) is 0.423. The maximum absolute atomic E-state index is 11.9. The van der Waals surface area contributed by atoms with Crippen LogP contribution in [-0.4, -0.2) is 36.9 Å². The Morgan fingerprint density at radius 1 is 1.40 bits per heavy atom. The molecule has 0 saturated carbocycles. The molecular weight excluding hydrogens is 275 g/mol. The highest BCUT2D eigenvalue weighted by Crippen LogP contribution is 2.20. The first-order valence-electron chi connectivity index (χ1n) is 6.07. The predicted molar refractivity (Wildman–Crippen MR) is 67.6 cm³/mol. The number of hydrogen-bond acceptors (Lipinski definition) is 3. The molecule has 1 rings (SSSR count). The lowest BCUT2D eigenvalue weighted by Gasteiger charge is -2.21. The van der Waals surface area contributed by atoms with Crippen LogP contribution in [0.1, 0.15) is 13.3 Å². The summed E-state index contributed by atoms with van der Waals surface area (Å²) in [7, 11) is 0. The molecule has 0 spiro atoms. The number of carbonyl (C=O) groups is 1. The first-order chi connectivity index (χ1) is 9.33. The molecule has 0 fully saturated rings. The molecule has 0 atom stereocenters. The average Bonchev–Trinajstić information content (AvgIpc) is 2.34. The highest BCUT2D eigenvalue weighted by atomic mass is 19.4. The second kappa shape index (κ2) is 7.14. The summed E-state index contributed by atoms with van der Waals surface area (Å²) in [5, 5.41) is 9.36. The van der Waals surface area contributed by atoms with Crippen LogP contribution in [0.4, 0.5) is 18.9 Å². The Bertz CT molecular complexity index is 449. The molecule has 7 heteroatoms. The predicted octanol–water partition coefficient (Wildman–Crippen LogP) is 2.71. The van der Waals surface area contributed by atoms with Gasteiger partial charge in [0.05, 0.1) is 13.0 Å². The smallest absolute Gasteiger partial charge is 0.411 e. The maximum atomic E-state index is 11.9. The Morgan fingerprint density at radius 3 is 2.65 bits per heavy atom. The third-order valence-corrected chi connectivity index (χ3v) is 2.48. The monoisotopic (exact) mass is 291 g/mol. The fourth-order valence-corrected chi connectivity index (χ4v) is 1.65. The van der Waals surface area contributed by atoms with Gasteiger partial charge in [0, 0.05) is 18.3 Å². The summed E-state index contributed by atoms with van der Waals surface area (Å²) < 4.78 is 40.0. The fourth-order valence-electron chi connectivity index (χ4n) is 1.65. The number of nitrogens with zero attached hydrogens (tertiary/aromatic N) is 1. The van der Waals surface area contributed by atoms with Gasteiger partial charge in [-0.1, -0.05) is 6.07 Å². The van der Waals surface area contributed by atoms with Crippen LogP contribution in [0.2, 0.25) is 0 Å². The molecule has 0 saturated heterocycles. The molecule has 1 N–H and O–H groups in total. The second-order valence-corrected chi connectivity index (χ2v) is 4.08. The van der Waals surface area contributed by atoms with Gasteiger partial charge in [0.25, 0.3) is 0 Å². The molecule has 1 amide bonds. The highest BCUT2D eigenvalue weighted by Gasteiger charge is 2.27. The minimum absolute atomic E-state index is 0.0158. The van der Waals surface area contributed by atoms with Crippen LogP contribution in [0.15, 0.2) is 24.3 Å². The SMILES string of the molecule is CCN(C(=O)CCOCC(F)(F)F)c1cccc(O)c1. The van der Waals surface area contributed by atoms with Gasteiger partial charge < -0.3 is 14.7 Å². The van der Waals surface area contributed by atoms with Crippen LogP contribution in [-0.2, 0) is 9.53 Å². The van der Waals surface area contributed by atoms with Crippen molar-refractivity contribution in [2.45, 2.75) is 19.5 Å². The number of benzene rings is 1. The number of anilines is 1. The summed E-state index contributed by atoms with van der Waals surface area (Å²) in [5.41, 5.74) is 0.494. The van der Waals surface area contributed by atoms with Gasteiger partial charge in [-0.05, 0) is 19.1 Å². The van der Waals surface area contributed by atoms with Crippen LogP contribution >= 0.6 is 0 Å². The van der Waals surface area contributed by atoms with E-state index in [1.807, 2.05) is 0 Å². The molecule has 0 aliphatic rings. The van der Waals surface area contributed by atoms with Gasteiger partial charge in [-0.3, -0.25) is 4.79 Å². The van der Waals surface area contributed by atoms with Crippen LogP contribution in [0, 0.1) is 0 Å². The quantitative estimate of drug-likeness (QED) is 0.820. The van der Waals surface area contributed by atoms with E-state index in [2.05, 4.69) is 4.74 Å². The van der Waals surface area contributed by atoms with Crippen LogP contribution in [0.25, 0.3) is 0 Å². The van der Waals surface area contributed by atoms with Crippen molar-refractivity contribution in [3.05, 3.63) is 24.3 Å². The highest BCUT2D eigenvalue weighted by molar-refractivity contribution is 5.93. The molecule has 0 aliphatic heterocycles. The number of aromatic hydroxyl groups is 1. The number of amides is 1. The van der Waals surface area contributed by atoms with Gasteiger partial charge in [0.2, 0.25) is 5.91 Å². The summed E-state index contributed by atoms with van der Waals surface area (Å²) in [4.78, 5) is 13.3. The molecule has 1 aromatic rings. The lowest BCUT2D eigenvalue weighted by atomic mass is 10.2. The molecule has 0 heterocycles. The molecule has 20 heavy (non-hydrogen) atoms. The van der Waals surface area contributed by atoms with E-state index in [0.29, 0.717) is 12.2 Å². The van der Waals surface area contributed by atoms with Gasteiger partial charge in [0.1, 0.15) is 12.4 Å². The van der Waals surface area contributed by atoms with Crippen molar-refractivity contribution in [2.24, 2.45) is 0 Å². The standard InChI is InChI=1S/C13H16F3NO3/c1-2-17(10-4-3-5-11(18)8-10)12(19)6-7-20-9-13(14,15)16/h3-5,8,18H,2,6-7,9H2,1H3. The van der Waals surface area contributed by atoms with Crippen molar-refractivity contribution in [3.8, 4) is 5.75 Å². The number of hydrogen-bond donors (Lipinski definition) is 1. The Morgan fingerprint density at radius 2 is 2.10 bits per heavy atom. The zero-order chi connectivity index (χ0) is 15.2. The maximum Gasteiger partial charge on any atom is 0.411 e. The molecule has 0 unspecified atom stereocenters. The summed E-state index contributed by atoms with van der Waals surface area (Å²) >= 11 is 0. The Balaban J connectivity index is 2.52. The number of halogens is 3. The average molecular weight is 291 g/mol. The van der Waals surface area contributed by atoms with Crippen molar-refractivity contribution >= 4 is 11.6 Å². The number of alkyl halides is 3. The van der Waals surface area contributed by atoms with E-state index < -0.39 is 12.8 Å². The number of phenolic OH excluding ortho intramolecular Hbond substituents is 1. The second-order valence-electron chi connectivity index (χ2n) is 4.08. The van der Waals surface area contributed by atoms with E-state index in [0.717, 1.165) is 0 Å². The van der Waals surface area contributed by atoms with Gasteiger partial charge >= 0.3 is 6.18 Å². The van der Waals surface area contributed by atoms with E-state index in [1.165, 1.54) is 17.0 Å². The van der Waals surface area contributed by atoms with Gasteiger partial charge in [-0.25, -0.2) is 0 Å². The van der Waals surface area contributed by atoms with E-state index in [4.69, 9.17) is 0 Å². The molecule has 112 valence electrons. The number of ether oxygens (including phenoxy) is 1. The van der Waals surface area contributed by atoms with E-state index in [1.54, 1.807) is 19.1 Å². The van der Waals surface area contributed by atoms with Crippen molar-refractivity contribution < 1.29 is 27.8 Å². The van der Waals surface area contributed by atoms with Gasteiger partial charge in [0.15, 0.2) is 0 Å². The van der Waals surface area contributed by atoms with E-state index in [-0.39, 0.29) is 24.7 Å². The number of rotatable bonds is 6. The Labute approximate surface area is 114 Å². The van der Waals surface area contributed by atoms with Crippen molar-refractivity contribution in [3.63, 3.8) is 0 Å². The number of carbonyl (C=O) groups excluding carboxylic acids is 1. The Hall–Kier alpha value is -1.76. The van der Waals surface area contributed by atoms with Crippen LogP contribution < -0.4 is 4.90 Å². The molecule has 4 nitrogen and oxygen atoms in total. The molecule has 0 aromatic heterocycles. The topological polar surface area (TPSA) is 49.8 Å². The third kappa shape index (κ3) is 5.48. The summed E-state index contributed by atoms with van der Waals surface area (Å²) in [6, 6.07) is 6.10. The first kappa shape index (κ1) is 16.3. The number of phenols is 1. The first-order valence-corrected chi connectivity index (χ1v) is 6.07. The minimum Gasteiger partial charge on any atom is -0.508 e. The lowest BCUT2D eigenvalue weighted by Crippen LogP contribution is -2.31. The van der Waals surface area contributed by atoms with E-state index in [9.17, 15) is 23.1 Å².